The quantitative estimate of drug-likeness (QED) is 0.406. The van der Waals surface area contributed by atoms with Crippen LogP contribution in [0.5, 0.6) is 5.75 Å². The van der Waals surface area contributed by atoms with Crippen molar-refractivity contribution in [3.63, 3.8) is 0 Å². The van der Waals surface area contributed by atoms with Crippen LogP contribution in [0.15, 0.2) is 54.6 Å². The Labute approximate surface area is 228 Å². The number of anilines is 1. The molecule has 6 rings (SSSR count). The van der Waals surface area contributed by atoms with Crippen molar-refractivity contribution in [3.05, 3.63) is 77.0 Å². The van der Waals surface area contributed by atoms with Crippen LogP contribution in [0.25, 0.3) is 11.1 Å². The zero-order chi connectivity index (χ0) is 27.3. The molecule has 0 bridgehead atoms. The summed E-state index contributed by atoms with van der Waals surface area (Å²) in [4.78, 5) is 22.2. The largest absolute Gasteiger partial charge is 0.496 e. The Bertz CT molecular complexity index is 1390. The molecule has 1 aliphatic carbocycles. The van der Waals surface area contributed by atoms with E-state index in [1.807, 2.05) is 50.2 Å². The zero-order valence-electron chi connectivity index (χ0n) is 22.6. The van der Waals surface area contributed by atoms with E-state index in [2.05, 4.69) is 23.1 Å². The van der Waals surface area contributed by atoms with Gasteiger partial charge in [-0.25, -0.2) is 9.78 Å². The number of pyridine rings is 1. The van der Waals surface area contributed by atoms with Crippen LogP contribution in [0.1, 0.15) is 54.2 Å². The van der Waals surface area contributed by atoms with Gasteiger partial charge in [-0.1, -0.05) is 35.9 Å². The lowest BCUT2D eigenvalue weighted by atomic mass is 9.97. The van der Waals surface area contributed by atoms with E-state index in [0.717, 1.165) is 65.3 Å². The summed E-state index contributed by atoms with van der Waals surface area (Å²) in [5.41, 5.74) is 5.69. The molecule has 4 atom stereocenters. The van der Waals surface area contributed by atoms with Gasteiger partial charge in [-0.2, -0.15) is 0 Å². The number of rotatable bonds is 8. The van der Waals surface area contributed by atoms with E-state index in [1.165, 1.54) is 0 Å². The molecule has 2 saturated heterocycles. The van der Waals surface area contributed by atoms with E-state index in [1.54, 1.807) is 12.0 Å². The smallest absolute Gasteiger partial charge is 0.411 e. The summed E-state index contributed by atoms with van der Waals surface area (Å²) in [5.74, 6) is 1.54. The third-order valence-corrected chi connectivity index (χ3v) is 8.39. The number of aryl methyl sites for hydroxylation is 1. The third kappa shape index (κ3) is 4.83. The number of hydrogen-bond acceptors (Lipinski definition) is 7. The lowest BCUT2D eigenvalue weighted by Gasteiger charge is -2.33. The lowest BCUT2D eigenvalue weighted by molar-refractivity contribution is -0.0577. The van der Waals surface area contributed by atoms with Gasteiger partial charge >= 0.3 is 6.09 Å². The average molecular weight is 530 g/mol. The Morgan fingerprint density at radius 3 is 2.56 bits per heavy atom. The Balaban J connectivity index is 1.36. The van der Waals surface area contributed by atoms with Gasteiger partial charge in [0.15, 0.2) is 6.29 Å². The number of aliphatic hydroxyl groups excluding tert-OH is 1. The highest BCUT2D eigenvalue weighted by molar-refractivity contribution is 5.76. The summed E-state index contributed by atoms with van der Waals surface area (Å²) >= 11 is 0. The van der Waals surface area contributed by atoms with Crippen molar-refractivity contribution in [1.29, 1.82) is 0 Å². The van der Waals surface area contributed by atoms with E-state index >= 15 is 0 Å². The van der Waals surface area contributed by atoms with Crippen molar-refractivity contribution in [3.8, 4) is 16.9 Å². The predicted octanol–water partition coefficient (Wildman–Crippen LogP) is 4.77. The molecular weight excluding hydrogens is 494 g/mol. The van der Waals surface area contributed by atoms with E-state index in [4.69, 9.17) is 14.5 Å². The Hall–Kier alpha value is -3.62. The third-order valence-electron chi connectivity index (χ3n) is 8.39. The summed E-state index contributed by atoms with van der Waals surface area (Å²) < 4.78 is 11.6. The van der Waals surface area contributed by atoms with E-state index < -0.39 is 6.29 Å². The molecule has 8 heteroatoms. The highest BCUT2D eigenvalue weighted by Crippen LogP contribution is 2.50. The molecule has 39 heavy (non-hydrogen) atoms. The van der Waals surface area contributed by atoms with Crippen molar-refractivity contribution in [2.45, 2.75) is 57.6 Å². The van der Waals surface area contributed by atoms with Gasteiger partial charge in [-0.15, -0.1) is 0 Å². The molecule has 3 aromatic rings. The maximum Gasteiger partial charge on any atom is 0.411 e. The molecule has 2 aliphatic heterocycles. The van der Waals surface area contributed by atoms with E-state index in [0.29, 0.717) is 12.3 Å². The van der Waals surface area contributed by atoms with Crippen molar-refractivity contribution < 1.29 is 24.5 Å². The van der Waals surface area contributed by atoms with Gasteiger partial charge in [0, 0.05) is 30.1 Å². The number of aliphatic hydroxyl groups is 2. The number of nitrogens with zero attached hydrogens (tertiary/aromatic N) is 3. The standard InChI is InChI=1S/C31H35N3O5/c1-18-6-4-7-21(14-18)29-19(2)34(31(37)39-29)17-26-22(9-11-28(32-26)33-12-5-13-33)24-15-20(8-10-27(24)38-3)23-16-25(23)30(35)36/h4,6-11,14-15,19,23,25,29-30,35-36H,5,12-13,16-17H2,1-3H3/t19-,23-,25+,29-/m0/s1. The van der Waals surface area contributed by atoms with Crippen LogP contribution in [0.2, 0.25) is 0 Å². The summed E-state index contributed by atoms with van der Waals surface area (Å²) in [7, 11) is 1.64. The summed E-state index contributed by atoms with van der Waals surface area (Å²) in [5, 5.41) is 19.3. The zero-order valence-corrected chi connectivity index (χ0v) is 22.6. The highest BCUT2D eigenvalue weighted by atomic mass is 16.6. The predicted molar refractivity (Wildman–Crippen MR) is 148 cm³/mol. The normalized spacial score (nSPS) is 24.1. The molecule has 2 N–H and O–H groups in total. The van der Waals surface area contributed by atoms with Crippen LogP contribution in [-0.4, -0.2) is 58.7 Å². The highest BCUT2D eigenvalue weighted by Gasteiger charge is 2.43. The van der Waals surface area contributed by atoms with Gasteiger partial charge in [0.25, 0.3) is 0 Å². The molecule has 0 spiro atoms. The molecule has 3 heterocycles. The second-order valence-corrected chi connectivity index (χ2v) is 11.0. The number of aromatic nitrogens is 1. The number of methoxy groups -OCH3 is 1. The molecule has 3 aliphatic rings. The number of hydrogen-bond donors (Lipinski definition) is 2. The number of ether oxygens (including phenoxy) is 2. The fourth-order valence-electron chi connectivity index (χ4n) is 5.84. The van der Waals surface area contributed by atoms with Gasteiger partial charge in [-0.3, -0.25) is 4.90 Å². The number of cyclic esters (lactones) is 1. The first-order valence-electron chi connectivity index (χ1n) is 13.7. The Morgan fingerprint density at radius 2 is 1.90 bits per heavy atom. The van der Waals surface area contributed by atoms with Crippen LogP contribution < -0.4 is 9.64 Å². The topological polar surface area (TPSA) is 95.4 Å². The molecule has 0 unspecified atom stereocenters. The van der Waals surface area contributed by atoms with Gasteiger partial charge in [-0.05, 0) is 68.0 Å². The van der Waals surface area contributed by atoms with E-state index in [-0.39, 0.29) is 30.1 Å². The SMILES string of the molecule is COc1ccc([C@@H]2C[C@H]2C(O)O)cc1-c1ccc(N2CCC2)nc1CN1C(=O)O[C@H](c2cccc(C)c2)[C@@H]1C. The van der Waals surface area contributed by atoms with Crippen molar-refractivity contribution in [2.75, 3.05) is 25.1 Å². The van der Waals surface area contributed by atoms with Gasteiger partial charge in [0.05, 0.1) is 25.4 Å². The molecule has 1 amide bonds. The average Bonchev–Trinajstić information content (AvgIpc) is 3.65. The van der Waals surface area contributed by atoms with Crippen molar-refractivity contribution in [2.24, 2.45) is 5.92 Å². The minimum atomic E-state index is -1.32. The molecular formula is C31H35N3O5. The second kappa shape index (κ2) is 10.2. The Kier molecular flexibility index (Phi) is 6.69. The van der Waals surface area contributed by atoms with Gasteiger partial charge < -0.3 is 24.6 Å². The fourth-order valence-corrected chi connectivity index (χ4v) is 5.84. The maximum absolute atomic E-state index is 13.2. The molecule has 8 nitrogen and oxygen atoms in total. The van der Waals surface area contributed by atoms with Crippen LogP contribution in [-0.2, 0) is 11.3 Å². The lowest BCUT2D eigenvalue weighted by Crippen LogP contribution is -2.38. The Morgan fingerprint density at radius 1 is 1.08 bits per heavy atom. The number of carbonyl (C=O) groups excluding carboxylic acids is 1. The van der Waals surface area contributed by atoms with Gasteiger partial charge in [0.2, 0.25) is 0 Å². The summed E-state index contributed by atoms with van der Waals surface area (Å²) in [6.45, 7) is 6.29. The molecule has 1 saturated carbocycles. The van der Waals surface area contributed by atoms with Crippen LogP contribution in [0.3, 0.4) is 0 Å². The molecule has 3 fully saturated rings. The first-order valence-corrected chi connectivity index (χ1v) is 13.7. The molecule has 0 radical (unpaired) electrons. The minimum Gasteiger partial charge on any atom is -0.496 e. The fraction of sp³-hybridized carbons (Fsp3) is 0.419. The van der Waals surface area contributed by atoms with Gasteiger partial charge in [0.1, 0.15) is 17.7 Å². The number of carbonyl (C=O) groups is 1. The molecule has 204 valence electrons. The minimum absolute atomic E-state index is 0.0927. The number of amides is 1. The summed E-state index contributed by atoms with van der Waals surface area (Å²) in [6, 6.07) is 18.0. The molecule has 1 aromatic heterocycles. The monoisotopic (exact) mass is 529 g/mol. The van der Waals surface area contributed by atoms with Crippen LogP contribution in [0.4, 0.5) is 10.6 Å². The second-order valence-electron chi connectivity index (χ2n) is 11.0. The van der Waals surface area contributed by atoms with Crippen LogP contribution >= 0.6 is 0 Å². The van der Waals surface area contributed by atoms with E-state index in [9.17, 15) is 15.0 Å². The van der Waals surface area contributed by atoms with Crippen molar-refractivity contribution in [1.82, 2.24) is 9.88 Å². The van der Waals surface area contributed by atoms with Crippen molar-refractivity contribution >= 4 is 11.9 Å². The first kappa shape index (κ1) is 25.6. The first-order chi connectivity index (χ1) is 18.8. The van der Waals surface area contributed by atoms with Crippen LogP contribution in [0, 0.1) is 12.8 Å². The number of benzene rings is 2. The summed E-state index contributed by atoms with van der Waals surface area (Å²) in [6.07, 6.45) is -0.150. The maximum atomic E-state index is 13.2. The molecule has 2 aromatic carbocycles.